The first kappa shape index (κ1) is 24.0. The van der Waals surface area contributed by atoms with Gasteiger partial charge in [0.2, 0.25) is 11.9 Å². The van der Waals surface area contributed by atoms with Crippen LogP contribution in [0.2, 0.25) is 0 Å². The van der Waals surface area contributed by atoms with Gasteiger partial charge in [0.05, 0.1) is 24.7 Å². The Bertz CT molecular complexity index is 1370. The van der Waals surface area contributed by atoms with E-state index < -0.39 is 39.9 Å². The summed E-state index contributed by atoms with van der Waals surface area (Å²) in [7, 11) is -1.50. The Morgan fingerprint density at radius 2 is 1.66 bits per heavy atom. The number of hydrogen-bond donors (Lipinski definition) is 1. The average molecular weight is 501 g/mol. The highest BCUT2D eigenvalue weighted by Gasteiger charge is 2.42. The monoisotopic (exact) mass is 501 g/mol. The summed E-state index contributed by atoms with van der Waals surface area (Å²) >= 11 is 0. The zero-order chi connectivity index (χ0) is 25.2. The van der Waals surface area contributed by atoms with Crippen LogP contribution < -0.4 is 18.9 Å². The lowest BCUT2D eigenvalue weighted by molar-refractivity contribution is 0.0106. The molecular weight excluding hydrogens is 481 g/mol. The molecule has 0 fully saturated rings. The third kappa shape index (κ3) is 5.04. The summed E-state index contributed by atoms with van der Waals surface area (Å²) in [5.74, 6) is -0.175. The zero-order valence-electron chi connectivity index (χ0n) is 18.6. The molecule has 3 aromatic rings. The van der Waals surface area contributed by atoms with E-state index in [2.05, 4.69) is 0 Å². The first-order chi connectivity index (χ1) is 16.7. The van der Waals surface area contributed by atoms with Gasteiger partial charge in [-0.15, -0.1) is 0 Å². The van der Waals surface area contributed by atoms with Crippen LogP contribution in [0.25, 0.3) is 0 Å². The molecule has 0 unspecified atom stereocenters. The van der Waals surface area contributed by atoms with Gasteiger partial charge in [0.1, 0.15) is 23.1 Å². The van der Waals surface area contributed by atoms with Crippen LogP contribution in [0.3, 0.4) is 0 Å². The van der Waals surface area contributed by atoms with Crippen molar-refractivity contribution in [3.05, 3.63) is 83.7 Å². The van der Waals surface area contributed by atoms with Crippen molar-refractivity contribution in [1.29, 1.82) is 0 Å². The van der Waals surface area contributed by atoms with E-state index in [0.717, 1.165) is 24.3 Å². The summed E-state index contributed by atoms with van der Waals surface area (Å²) in [5, 5.41) is 0. The van der Waals surface area contributed by atoms with Gasteiger partial charge in [-0.1, -0.05) is 12.1 Å². The predicted molar refractivity (Wildman–Crippen MR) is 121 cm³/mol. The molecule has 0 aliphatic carbocycles. The molecule has 182 valence electrons. The summed E-state index contributed by atoms with van der Waals surface area (Å²) < 4.78 is 61.6. The number of benzene rings is 3. The van der Waals surface area contributed by atoms with Crippen LogP contribution in [-0.2, 0) is 14.8 Å². The molecule has 1 amide bonds. The molecule has 4 rings (SSSR count). The molecule has 2 atom stereocenters. The number of ketones is 1. The second kappa shape index (κ2) is 9.63. The largest absolute Gasteiger partial charge is 0.497 e. The van der Waals surface area contributed by atoms with E-state index >= 15 is 0 Å². The number of ether oxygens (including phenoxy) is 4. The van der Waals surface area contributed by atoms with Crippen molar-refractivity contribution in [2.45, 2.75) is 17.1 Å². The van der Waals surface area contributed by atoms with Crippen LogP contribution in [0.1, 0.15) is 22.0 Å². The van der Waals surface area contributed by atoms with Gasteiger partial charge in [-0.25, -0.2) is 22.3 Å². The number of carbonyl (C=O) groups is 2. The van der Waals surface area contributed by atoms with E-state index in [0.29, 0.717) is 17.1 Å². The van der Waals surface area contributed by atoms with Crippen molar-refractivity contribution >= 4 is 21.9 Å². The van der Waals surface area contributed by atoms with Crippen molar-refractivity contribution in [1.82, 2.24) is 4.72 Å². The number of methoxy groups -OCH3 is 2. The Kier molecular flexibility index (Phi) is 6.61. The molecule has 1 aliphatic heterocycles. The zero-order valence-corrected chi connectivity index (χ0v) is 19.4. The van der Waals surface area contributed by atoms with Crippen LogP contribution in [0.15, 0.2) is 71.6 Å². The summed E-state index contributed by atoms with van der Waals surface area (Å²) in [6.45, 7) is 0. The van der Waals surface area contributed by atoms with Crippen molar-refractivity contribution in [2.75, 3.05) is 14.2 Å². The minimum atomic E-state index is -4.39. The molecule has 1 heterocycles. The van der Waals surface area contributed by atoms with E-state index in [4.69, 9.17) is 18.9 Å². The molecular formula is C24H20FNO8S. The number of hydrogen-bond acceptors (Lipinski definition) is 8. The molecule has 35 heavy (non-hydrogen) atoms. The van der Waals surface area contributed by atoms with Crippen molar-refractivity contribution in [3.8, 4) is 17.2 Å². The quantitative estimate of drug-likeness (QED) is 0.544. The van der Waals surface area contributed by atoms with E-state index in [1.165, 1.54) is 20.3 Å². The Labute approximate surface area is 200 Å². The molecule has 11 heteroatoms. The summed E-state index contributed by atoms with van der Waals surface area (Å²) in [5.41, 5.74) is 0.557. The minimum Gasteiger partial charge on any atom is -0.497 e. The first-order valence-corrected chi connectivity index (χ1v) is 11.7. The second-order valence-electron chi connectivity index (χ2n) is 7.43. The Morgan fingerprint density at radius 3 is 2.34 bits per heavy atom. The van der Waals surface area contributed by atoms with Crippen molar-refractivity contribution in [3.63, 3.8) is 0 Å². The first-order valence-electron chi connectivity index (χ1n) is 10.2. The van der Waals surface area contributed by atoms with Gasteiger partial charge in [-0.05, 0) is 54.6 Å². The fraction of sp³-hybridized carbons (Fsp3) is 0.167. The van der Waals surface area contributed by atoms with Crippen LogP contribution in [0.5, 0.6) is 17.2 Å². The highest BCUT2D eigenvalue weighted by atomic mass is 32.2. The molecule has 0 saturated heterocycles. The van der Waals surface area contributed by atoms with Gasteiger partial charge in [-0.2, -0.15) is 0 Å². The average Bonchev–Trinajstić information content (AvgIpc) is 2.85. The van der Waals surface area contributed by atoms with Gasteiger partial charge in [0, 0.05) is 5.56 Å². The van der Waals surface area contributed by atoms with E-state index in [1.54, 1.807) is 41.1 Å². The SMILES string of the molecule is COc1cccc([C@@H]2Oc3ccc(OC)cc3C(=O)[C@H]2OC(=O)NS(=O)(=O)c2ccc(F)cc2)c1. The molecule has 0 bridgehead atoms. The van der Waals surface area contributed by atoms with Gasteiger partial charge in [0.15, 0.2) is 6.10 Å². The molecule has 0 aromatic heterocycles. The Hall–Kier alpha value is -4.12. The van der Waals surface area contributed by atoms with Crippen molar-refractivity contribution in [2.24, 2.45) is 0 Å². The Morgan fingerprint density at radius 1 is 0.971 bits per heavy atom. The van der Waals surface area contributed by atoms with Gasteiger partial charge in [-0.3, -0.25) is 4.79 Å². The fourth-order valence-corrected chi connectivity index (χ4v) is 4.40. The molecule has 0 radical (unpaired) electrons. The molecule has 9 nitrogen and oxygen atoms in total. The van der Waals surface area contributed by atoms with Gasteiger partial charge < -0.3 is 18.9 Å². The number of fused-ring (bicyclic) bond motifs is 1. The maximum Gasteiger partial charge on any atom is 0.422 e. The normalized spacial score (nSPS) is 17.1. The maximum absolute atomic E-state index is 13.4. The molecule has 1 N–H and O–H groups in total. The highest BCUT2D eigenvalue weighted by Crippen LogP contribution is 2.39. The third-order valence-corrected chi connectivity index (χ3v) is 6.57. The number of halogens is 1. The number of rotatable bonds is 6. The van der Waals surface area contributed by atoms with Gasteiger partial charge >= 0.3 is 6.09 Å². The second-order valence-corrected chi connectivity index (χ2v) is 9.11. The van der Waals surface area contributed by atoms with E-state index in [1.807, 2.05) is 0 Å². The lowest BCUT2D eigenvalue weighted by atomic mass is 9.93. The van der Waals surface area contributed by atoms with Gasteiger partial charge in [0.25, 0.3) is 10.0 Å². The topological polar surface area (TPSA) is 117 Å². The maximum atomic E-state index is 13.4. The van der Waals surface area contributed by atoms with Crippen LogP contribution >= 0.6 is 0 Å². The molecule has 0 saturated carbocycles. The van der Waals surface area contributed by atoms with E-state index in [-0.39, 0.29) is 16.2 Å². The number of Topliss-reactive ketones (excluding diaryl/α,β-unsaturated/α-hetero) is 1. The number of amides is 1. The smallest absolute Gasteiger partial charge is 0.422 e. The molecule has 1 aliphatic rings. The molecule has 0 spiro atoms. The standard InChI is InChI=1S/C24H20FNO8S/c1-31-16-5-3-4-14(12-16)22-23(21(27)19-13-17(32-2)8-11-20(19)33-22)34-24(28)26-35(29,30)18-9-6-15(25)7-10-18/h3-13,22-23H,1-2H3,(H,26,28)/t22-,23+/m0/s1. The Balaban J connectivity index is 1.66. The van der Waals surface area contributed by atoms with Crippen LogP contribution in [0, 0.1) is 5.82 Å². The third-order valence-electron chi connectivity index (χ3n) is 5.24. The number of nitrogens with one attached hydrogen (secondary N) is 1. The van der Waals surface area contributed by atoms with Crippen molar-refractivity contribution < 1.29 is 41.3 Å². The summed E-state index contributed by atoms with van der Waals surface area (Å²) in [6, 6.07) is 15.0. The van der Waals surface area contributed by atoms with Crippen LogP contribution in [-0.4, -0.2) is 40.6 Å². The number of carbonyl (C=O) groups excluding carboxylic acids is 2. The summed E-state index contributed by atoms with van der Waals surface area (Å²) in [4.78, 5) is 25.6. The van der Waals surface area contributed by atoms with Crippen LogP contribution in [0.4, 0.5) is 9.18 Å². The number of sulfonamides is 1. The minimum absolute atomic E-state index is 0.0997. The van der Waals surface area contributed by atoms with E-state index in [9.17, 15) is 22.4 Å². The summed E-state index contributed by atoms with van der Waals surface area (Å²) in [6.07, 6.45) is -4.04. The lowest BCUT2D eigenvalue weighted by Gasteiger charge is -2.32. The fourth-order valence-electron chi connectivity index (χ4n) is 3.52. The lowest BCUT2D eigenvalue weighted by Crippen LogP contribution is -2.43. The molecule has 3 aromatic carbocycles. The predicted octanol–water partition coefficient (Wildman–Crippen LogP) is 3.64. The highest BCUT2D eigenvalue weighted by molar-refractivity contribution is 7.90.